The zero-order valence-electron chi connectivity index (χ0n) is 20.9. The molecule has 1 saturated heterocycles. The number of hydrogen-bond donors (Lipinski definition) is 2. The van der Waals surface area contributed by atoms with Gasteiger partial charge in [0.2, 0.25) is 0 Å². The molecule has 3 heterocycles. The molecule has 0 unspecified atom stereocenters. The predicted molar refractivity (Wildman–Crippen MR) is 143 cm³/mol. The van der Waals surface area contributed by atoms with E-state index in [1.165, 1.54) is 48.7 Å². The number of halogens is 2. The molecule has 0 radical (unpaired) electrons. The first-order chi connectivity index (χ1) is 19.5. The lowest BCUT2D eigenvalue weighted by atomic mass is 10.2. The Bertz CT molecular complexity index is 1760. The number of morpholine rings is 1. The van der Waals surface area contributed by atoms with Crippen molar-refractivity contribution in [1.29, 1.82) is 0 Å². The number of fused-ring (bicyclic) bond motifs is 1. The Kier molecular flexibility index (Phi) is 6.66. The highest BCUT2D eigenvalue weighted by molar-refractivity contribution is 6.04. The maximum Gasteiger partial charge on any atom is 0.284 e. The van der Waals surface area contributed by atoms with Crippen LogP contribution in [-0.2, 0) is 4.74 Å². The first kappa shape index (κ1) is 25.2. The van der Waals surface area contributed by atoms with Crippen molar-refractivity contribution in [1.82, 2.24) is 20.0 Å². The molecule has 2 N–H and O–H groups in total. The summed E-state index contributed by atoms with van der Waals surface area (Å²) in [4.78, 5) is 27.9. The van der Waals surface area contributed by atoms with Gasteiger partial charge in [-0.1, -0.05) is 0 Å². The molecular formula is C28H22F2N6O4. The number of aromatic nitrogens is 4. The van der Waals surface area contributed by atoms with Gasteiger partial charge in [0.05, 0.1) is 36.3 Å². The molecule has 40 heavy (non-hydrogen) atoms. The highest BCUT2D eigenvalue weighted by Crippen LogP contribution is 2.37. The summed E-state index contributed by atoms with van der Waals surface area (Å²) in [5.41, 5.74) is 1.08. The van der Waals surface area contributed by atoms with Crippen molar-refractivity contribution >= 4 is 28.2 Å². The normalized spacial score (nSPS) is 13.4. The summed E-state index contributed by atoms with van der Waals surface area (Å²) < 4.78 is 40.9. The van der Waals surface area contributed by atoms with Crippen LogP contribution in [0.5, 0.6) is 11.5 Å². The van der Waals surface area contributed by atoms with E-state index in [9.17, 15) is 14.0 Å². The highest BCUT2D eigenvalue weighted by atomic mass is 19.1. The van der Waals surface area contributed by atoms with Gasteiger partial charge in [-0.2, -0.15) is 14.9 Å². The minimum atomic E-state index is -0.753. The molecule has 0 spiro atoms. The summed E-state index contributed by atoms with van der Waals surface area (Å²) in [6.07, 6.45) is 2.93. The third-order valence-corrected chi connectivity index (χ3v) is 6.44. The van der Waals surface area contributed by atoms with Crippen molar-refractivity contribution in [3.05, 3.63) is 101 Å². The van der Waals surface area contributed by atoms with Crippen molar-refractivity contribution in [3.63, 3.8) is 0 Å². The second-order valence-corrected chi connectivity index (χ2v) is 9.02. The number of benzene rings is 3. The summed E-state index contributed by atoms with van der Waals surface area (Å²) in [6, 6.07) is 14.0. The van der Waals surface area contributed by atoms with Gasteiger partial charge in [0.25, 0.3) is 11.5 Å². The zero-order valence-corrected chi connectivity index (χ0v) is 20.9. The molecule has 0 bridgehead atoms. The maximum atomic E-state index is 15.2. The number of hydrogen-bond acceptors (Lipinski definition) is 7. The third-order valence-electron chi connectivity index (χ3n) is 6.44. The quantitative estimate of drug-likeness (QED) is 0.328. The van der Waals surface area contributed by atoms with Crippen LogP contribution in [0, 0.1) is 11.6 Å². The molecule has 3 aromatic carbocycles. The molecule has 1 fully saturated rings. The van der Waals surface area contributed by atoms with E-state index < -0.39 is 23.1 Å². The summed E-state index contributed by atoms with van der Waals surface area (Å²) in [5.74, 6) is -1.53. The van der Waals surface area contributed by atoms with Crippen LogP contribution in [0.15, 0.2) is 77.9 Å². The number of rotatable bonds is 6. The van der Waals surface area contributed by atoms with Crippen molar-refractivity contribution in [3.8, 4) is 17.2 Å². The van der Waals surface area contributed by atoms with Crippen molar-refractivity contribution in [2.24, 2.45) is 0 Å². The monoisotopic (exact) mass is 544 g/mol. The number of aromatic amines is 1. The SMILES string of the molecule is O=C(Nc1ccc(Oc2cc3cn[nH]c3cc2N2CCOCC2)c(F)c1)c1ccnn(-c2ccc(F)cc2)c1=O. The van der Waals surface area contributed by atoms with E-state index in [4.69, 9.17) is 9.47 Å². The van der Waals surface area contributed by atoms with Crippen LogP contribution in [0.4, 0.5) is 20.2 Å². The molecule has 0 aliphatic carbocycles. The lowest BCUT2D eigenvalue weighted by Gasteiger charge is -2.30. The minimum absolute atomic E-state index is 0.0436. The highest BCUT2D eigenvalue weighted by Gasteiger charge is 2.20. The second kappa shape index (κ2) is 10.6. The van der Waals surface area contributed by atoms with Crippen LogP contribution in [0.25, 0.3) is 16.6 Å². The van der Waals surface area contributed by atoms with Gasteiger partial charge in [0, 0.05) is 36.4 Å². The summed E-state index contributed by atoms with van der Waals surface area (Å²) >= 11 is 0. The fourth-order valence-electron chi connectivity index (χ4n) is 4.42. The van der Waals surface area contributed by atoms with Gasteiger partial charge >= 0.3 is 0 Å². The Morgan fingerprint density at radius 1 is 1.00 bits per heavy atom. The number of ether oxygens (including phenoxy) is 2. The fourth-order valence-corrected chi connectivity index (χ4v) is 4.42. The Balaban J connectivity index is 1.24. The van der Waals surface area contributed by atoms with Crippen LogP contribution >= 0.6 is 0 Å². The number of H-pyrrole nitrogens is 1. The summed E-state index contributed by atoms with van der Waals surface area (Å²) in [7, 11) is 0. The zero-order chi connectivity index (χ0) is 27.6. The average molecular weight is 545 g/mol. The van der Waals surface area contributed by atoms with Crippen LogP contribution in [-0.4, -0.2) is 52.2 Å². The predicted octanol–water partition coefficient (Wildman–Crippen LogP) is 4.27. The van der Waals surface area contributed by atoms with E-state index in [1.807, 2.05) is 6.07 Å². The first-order valence-corrected chi connectivity index (χ1v) is 12.4. The van der Waals surface area contributed by atoms with Crippen LogP contribution in [0.1, 0.15) is 10.4 Å². The number of carbonyl (C=O) groups excluding carboxylic acids is 1. The first-order valence-electron chi connectivity index (χ1n) is 12.4. The van der Waals surface area contributed by atoms with Crippen molar-refractivity contribution < 1.29 is 23.0 Å². The molecule has 1 aliphatic rings. The van der Waals surface area contributed by atoms with Gasteiger partial charge < -0.3 is 19.7 Å². The Morgan fingerprint density at radius 3 is 2.58 bits per heavy atom. The third kappa shape index (κ3) is 4.99. The molecule has 0 atom stereocenters. The number of nitrogens with one attached hydrogen (secondary N) is 2. The molecule has 2 aromatic heterocycles. The molecule has 0 saturated carbocycles. The molecule has 10 nitrogen and oxygen atoms in total. The van der Waals surface area contributed by atoms with Crippen molar-refractivity contribution in [2.45, 2.75) is 0 Å². The van der Waals surface area contributed by atoms with Crippen LogP contribution in [0.2, 0.25) is 0 Å². The van der Waals surface area contributed by atoms with Crippen LogP contribution in [0.3, 0.4) is 0 Å². The molecular weight excluding hydrogens is 522 g/mol. The molecule has 6 rings (SSSR count). The molecule has 1 aliphatic heterocycles. The second-order valence-electron chi connectivity index (χ2n) is 9.02. The van der Waals surface area contributed by atoms with Gasteiger partial charge in [0.1, 0.15) is 11.4 Å². The average Bonchev–Trinajstić information content (AvgIpc) is 3.43. The number of amides is 1. The fraction of sp³-hybridized carbons (Fsp3) is 0.143. The minimum Gasteiger partial charge on any atom is -0.452 e. The van der Waals surface area contributed by atoms with E-state index >= 15 is 4.39 Å². The molecule has 202 valence electrons. The van der Waals surface area contributed by atoms with Gasteiger partial charge in [0.15, 0.2) is 17.3 Å². The molecule has 5 aromatic rings. The van der Waals surface area contributed by atoms with E-state index in [1.54, 1.807) is 12.3 Å². The van der Waals surface area contributed by atoms with Gasteiger partial charge in [-0.3, -0.25) is 14.7 Å². The lowest BCUT2D eigenvalue weighted by Crippen LogP contribution is -2.36. The van der Waals surface area contributed by atoms with E-state index in [0.717, 1.165) is 27.3 Å². The van der Waals surface area contributed by atoms with E-state index in [-0.39, 0.29) is 17.0 Å². The van der Waals surface area contributed by atoms with E-state index in [2.05, 4.69) is 25.5 Å². The van der Waals surface area contributed by atoms with Crippen LogP contribution < -0.4 is 20.5 Å². The summed E-state index contributed by atoms with van der Waals surface area (Å²) in [6.45, 7) is 2.44. The largest absolute Gasteiger partial charge is 0.452 e. The standard InChI is InChI=1S/C28H22F2N6O4/c29-18-1-4-20(5-2-18)36-28(38)21(7-8-32-36)27(37)33-19-3-6-25(22(30)14-19)40-26-13-17-16-31-34-23(17)15-24(26)35-9-11-39-12-10-35/h1-8,13-16H,9-12H2,(H,31,34)(H,33,37). The summed E-state index contributed by atoms with van der Waals surface area (Å²) in [5, 5.41) is 14.3. The Labute approximate surface area is 225 Å². The lowest BCUT2D eigenvalue weighted by molar-refractivity contribution is 0.102. The van der Waals surface area contributed by atoms with Gasteiger partial charge in [-0.15, -0.1) is 0 Å². The topological polar surface area (TPSA) is 114 Å². The molecule has 12 heteroatoms. The van der Waals surface area contributed by atoms with E-state index in [0.29, 0.717) is 37.7 Å². The molecule has 1 amide bonds. The number of carbonyl (C=O) groups is 1. The number of nitrogens with zero attached hydrogens (tertiary/aromatic N) is 4. The Morgan fingerprint density at radius 2 is 1.80 bits per heavy atom. The van der Waals surface area contributed by atoms with Crippen molar-refractivity contribution in [2.75, 3.05) is 36.5 Å². The smallest absolute Gasteiger partial charge is 0.284 e. The van der Waals surface area contributed by atoms with Gasteiger partial charge in [-0.05, 0) is 54.6 Å². The van der Waals surface area contributed by atoms with Gasteiger partial charge in [-0.25, -0.2) is 8.78 Å². The maximum absolute atomic E-state index is 15.2. The Hall–Kier alpha value is -5.10. The number of anilines is 2.